The predicted octanol–water partition coefficient (Wildman–Crippen LogP) is 4.01. The number of anilines is 1. The van der Waals surface area contributed by atoms with Gasteiger partial charge in [-0.3, -0.25) is 4.99 Å². The molecule has 5 heteroatoms. The van der Waals surface area contributed by atoms with Crippen LogP contribution in [0.4, 0.5) is 5.69 Å². The third kappa shape index (κ3) is 6.54. The standard InChI is InChI=1S/C16H25N3O.HI/c1-20-15-9-7-14(8-10-15)19-16(17)18-12-11-13-5-3-2-4-6-13;/h7-10,13H,2-6,11-12H2,1H3,(H3,17,18,19);1H. The number of aliphatic imine (C=N–C) groups is 1. The normalized spacial score (nSPS) is 16.1. The molecule has 3 N–H and O–H groups in total. The van der Waals surface area contributed by atoms with Gasteiger partial charge in [-0.05, 0) is 36.6 Å². The van der Waals surface area contributed by atoms with Crippen molar-refractivity contribution in [2.75, 3.05) is 19.0 Å². The lowest BCUT2D eigenvalue weighted by Crippen LogP contribution is -2.23. The highest BCUT2D eigenvalue weighted by Gasteiger charge is 2.12. The van der Waals surface area contributed by atoms with Crippen LogP contribution >= 0.6 is 24.0 Å². The van der Waals surface area contributed by atoms with E-state index >= 15 is 0 Å². The fourth-order valence-electron chi connectivity index (χ4n) is 2.71. The van der Waals surface area contributed by atoms with Gasteiger partial charge in [-0.2, -0.15) is 0 Å². The highest BCUT2D eigenvalue weighted by atomic mass is 127. The van der Waals surface area contributed by atoms with Gasteiger partial charge in [0.1, 0.15) is 5.75 Å². The highest BCUT2D eigenvalue weighted by Crippen LogP contribution is 2.26. The molecule has 0 unspecified atom stereocenters. The Hall–Kier alpha value is -0.980. The van der Waals surface area contributed by atoms with Crippen molar-refractivity contribution in [2.24, 2.45) is 16.6 Å². The SMILES string of the molecule is COc1ccc(NC(N)=NCCC2CCCCC2)cc1.I. The molecule has 1 aliphatic rings. The van der Waals surface area contributed by atoms with Crippen molar-refractivity contribution in [2.45, 2.75) is 38.5 Å². The van der Waals surface area contributed by atoms with Crippen LogP contribution in [0.3, 0.4) is 0 Å². The molecule has 21 heavy (non-hydrogen) atoms. The number of benzene rings is 1. The molecule has 1 aliphatic carbocycles. The summed E-state index contributed by atoms with van der Waals surface area (Å²) < 4.78 is 5.12. The Kier molecular flexibility index (Phi) is 8.49. The van der Waals surface area contributed by atoms with Crippen molar-refractivity contribution in [1.82, 2.24) is 0 Å². The van der Waals surface area contributed by atoms with Gasteiger partial charge < -0.3 is 15.8 Å². The Morgan fingerprint density at radius 3 is 2.52 bits per heavy atom. The summed E-state index contributed by atoms with van der Waals surface area (Å²) in [4.78, 5) is 4.41. The van der Waals surface area contributed by atoms with Gasteiger partial charge in [-0.1, -0.05) is 32.1 Å². The molecule has 0 amide bonds. The van der Waals surface area contributed by atoms with E-state index in [0.717, 1.165) is 30.3 Å². The van der Waals surface area contributed by atoms with Crippen molar-refractivity contribution in [3.63, 3.8) is 0 Å². The number of halogens is 1. The van der Waals surface area contributed by atoms with Gasteiger partial charge in [0.15, 0.2) is 5.96 Å². The first-order chi connectivity index (χ1) is 9.78. The van der Waals surface area contributed by atoms with E-state index in [0.29, 0.717) is 5.96 Å². The summed E-state index contributed by atoms with van der Waals surface area (Å²) >= 11 is 0. The van der Waals surface area contributed by atoms with Crippen LogP contribution in [0.1, 0.15) is 38.5 Å². The number of hydrogen-bond acceptors (Lipinski definition) is 2. The lowest BCUT2D eigenvalue weighted by molar-refractivity contribution is 0.343. The molecule has 1 saturated carbocycles. The van der Waals surface area contributed by atoms with Gasteiger partial charge in [-0.15, -0.1) is 24.0 Å². The van der Waals surface area contributed by atoms with E-state index in [1.54, 1.807) is 7.11 Å². The Labute approximate surface area is 144 Å². The zero-order valence-electron chi connectivity index (χ0n) is 12.7. The molecule has 0 saturated heterocycles. The second-order valence-corrected chi connectivity index (χ2v) is 5.41. The summed E-state index contributed by atoms with van der Waals surface area (Å²) in [6.07, 6.45) is 8.05. The maximum absolute atomic E-state index is 5.90. The summed E-state index contributed by atoms with van der Waals surface area (Å²) in [7, 11) is 1.66. The molecular formula is C16H26IN3O. The van der Waals surface area contributed by atoms with Crippen LogP contribution < -0.4 is 15.8 Å². The van der Waals surface area contributed by atoms with Crippen molar-refractivity contribution in [3.05, 3.63) is 24.3 Å². The van der Waals surface area contributed by atoms with Crippen LogP contribution in [0.5, 0.6) is 5.75 Å². The van der Waals surface area contributed by atoms with Crippen LogP contribution in [-0.2, 0) is 0 Å². The molecule has 2 rings (SSSR count). The van der Waals surface area contributed by atoms with E-state index in [9.17, 15) is 0 Å². The molecule has 1 aromatic rings. The number of ether oxygens (including phenoxy) is 1. The van der Waals surface area contributed by atoms with Crippen LogP contribution in [0, 0.1) is 5.92 Å². The molecular weight excluding hydrogens is 377 g/mol. The Balaban J connectivity index is 0.00000220. The van der Waals surface area contributed by atoms with Gasteiger partial charge in [-0.25, -0.2) is 0 Å². The van der Waals surface area contributed by atoms with Gasteiger partial charge in [0.05, 0.1) is 7.11 Å². The summed E-state index contributed by atoms with van der Waals surface area (Å²) in [6.45, 7) is 0.819. The topological polar surface area (TPSA) is 59.6 Å². The summed E-state index contributed by atoms with van der Waals surface area (Å²) in [5.74, 6) is 2.18. The van der Waals surface area contributed by atoms with Crippen molar-refractivity contribution in [3.8, 4) is 5.75 Å². The third-order valence-corrected chi connectivity index (χ3v) is 3.91. The van der Waals surface area contributed by atoms with E-state index in [-0.39, 0.29) is 24.0 Å². The minimum Gasteiger partial charge on any atom is -0.497 e. The first-order valence-electron chi connectivity index (χ1n) is 7.49. The minimum absolute atomic E-state index is 0. The molecule has 0 aromatic heterocycles. The average molecular weight is 403 g/mol. The van der Waals surface area contributed by atoms with Gasteiger partial charge >= 0.3 is 0 Å². The van der Waals surface area contributed by atoms with E-state index in [1.165, 1.54) is 32.1 Å². The van der Waals surface area contributed by atoms with Crippen LogP contribution in [0.2, 0.25) is 0 Å². The minimum atomic E-state index is 0. The number of methoxy groups -OCH3 is 1. The second-order valence-electron chi connectivity index (χ2n) is 5.41. The lowest BCUT2D eigenvalue weighted by atomic mass is 9.87. The largest absolute Gasteiger partial charge is 0.497 e. The molecule has 0 radical (unpaired) electrons. The molecule has 0 bridgehead atoms. The molecule has 0 atom stereocenters. The maximum Gasteiger partial charge on any atom is 0.193 e. The van der Waals surface area contributed by atoms with Crippen LogP contribution in [0.25, 0.3) is 0 Å². The fraction of sp³-hybridized carbons (Fsp3) is 0.562. The van der Waals surface area contributed by atoms with E-state index in [4.69, 9.17) is 10.5 Å². The van der Waals surface area contributed by atoms with Crippen molar-refractivity contribution < 1.29 is 4.74 Å². The molecule has 1 fully saturated rings. The van der Waals surface area contributed by atoms with Crippen LogP contribution in [0.15, 0.2) is 29.3 Å². The molecule has 118 valence electrons. The Morgan fingerprint density at radius 2 is 1.90 bits per heavy atom. The van der Waals surface area contributed by atoms with Gasteiger partial charge in [0.2, 0.25) is 0 Å². The van der Waals surface area contributed by atoms with Gasteiger partial charge in [0, 0.05) is 12.2 Å². The smallest absolute Gasteiger partial charge is 0.193 e. The van der Waals surface area contributed by atoms with E-state index < -0.39 is 0 Å². The number of nitrogens with one attached hydrogen (secondary N) is 1. The molecule has 1 aromatic carbocycles. The predicted molar refractivity (Wildman–Crippen MR) is 99.7 cm³/mol. The first kappa shape index (κ1) is 18.1. The maximum atomic E-state index is 5.90. The van der Waals surface area contributed by atoms with Crippen LogP contribution in [-0.4, -0.2) is 19.6 Å². The number of rotatable bonds is 5. The zero-order chi connectivity index (χ0) is 14.2. The first-order valence-corrected chi connectivity index (χ1v) is 7.49. The van der Waals surface area contributed by atoms with Gasteiger partial charge in [0.25, 0.3) is 0 Å². The molecule has 0 heterocycles. The average Bonchev–Trinajstić information content (AvgIpc) is 2.49. The zero-order valence-corrected chi connectivity index (χ0v) is 15.0. The third-order valence-electron chi connectivity index (χ3n) is 3.91. The number of guanidine groups is 1. The highest BCUT2D eigenvalue weighted by molar-refractivity contribution is 14.0. The van der Waals surface area contributed by atoms with Crippen molar-refractivity contribution in [1.29, 1.82) is 0 Å². The quantitative estimate of drug-likeness (QED) is 0.444. The summed E-state index contributed by atoms with van der Waals surface area (Å²) in [5, 5.41) is 3.10. The molecule has 0 spiro atoms. The number of nitrogens with zero attached hydrogens (tertiary/aromatic N) is 1. The fourth-order valence-corrected chi connectivity index (χ4v) is 2.71. The second kappa shape index (κ2) is 9.87. The number of nitrogens with two attached hydrogens (primary N) is 1. The summed E-state index contributed by atoms with van der Waals surface area (Å²) in [6, 6.07) is 7.67. The summed E-state index contributed by atoms with van der Waals surface area (Å²) in [5.41, 5.74) is 6.83. The van der Waals surface area contributed by atoms with Crippen molar-refractivity contribution >= 4 is 35.6 Å². The molecule has 0 aliphatic heterocycles. The monoisotopic (exact) mass is 403 g/mol. The lowest BCUT2D eigenvalue weighted by Gasteiger charge is -2.20. The Morgan fingerprint density at radius 1 is 1.24 bits per heavy atom. The number of hydrogen-bond donors (Lipinski definition) is 2. The molecule has 4 nitrogen and oxygen atoms in total. The van der Waals surface area contributed by atoms with E-state index in [2.05, 4.69) is 10.3 Å². The van der Waals surface area contributed by atoms with E-state index in [1.807, 2.05) is 24.3 Å². The Bertz CT molecular complexity index is 428.